The van der Waals surface area contributed by atoms with Crippen molar-refractivity contribution in [2.75, 3.05) is 13.1 Å². The average molecular weight is 226 g/mol. The van der Waals surface area contributed by atoms with Crippen LogP contribution in [0.15, 0.2) is 12.3 Å². The Bertz CT molecular complexity index is 358. The lowest BCUT2D eigenvalue weighted by molar-refractivity contribution is 0.111. The molecule has 2 atom stereocenters. The number of piperidine rings is 1. The second-order valence-corrected chi connectivity index (χ2v) is 4.13. The lowest BCUT2D eigenvalue weighted by Crippen LogP contribution is -2.36. The van der Waals surface area contributed by atoms with Crippen LogP contribution in [0.1, 0.15) is 28.7 Å². The Morgan fingerprint density at radius 2 is 2.47 bits per heavy atom. The van der Waals surface area contributed by atoms with Crippen molar-refractivity contribution in [1.29, 1.82) is 0 Å². The van der Waals surface area contributed by atoms with Crippen LogP contribution in [0.25, 0.3) is 0 Å². The van der Waals surface area contributed by atoms with Crippen LogP contribution in [0.5, 0.6) is 0 Å². The zero-order valence-corrected chi connectivity index (χ0v) is 8.94. The number of aldehydes is 1. The van der Waals surface area contributed by atoms with Crippen LogP contribution in [0.2, 0.25) is 0 Å². The first-order valence-corrected chi connectivity index (χ1v) is 5.38. The highest BCUT2D eigenvalue weighted by atomic mass is 35.5. The number of aromatic nitrogens is 2. The largest absolute Gasteiger partial charge is 0.316 e. The number of hydrogen-bond donors (Lipinski definition) is 1. The number of alkyl halides is 1. The van der Waals surface area contributed by atoms with Crippen molar-refractivity contribution in [3.8, 4) is 0 Å². The van der Waals surface area contributed by atoms with Crippen molar-refractivity contribution >= 4 is 17.9 Å². The molecule has 0 aromatic carbocycles. The molecule has 0 amide bonds. The number of carbonyl (C=O) groups is 1. The molecule has 15 heavy (non-hydrogen) atoms. The predicted octanol–water partition coefficient (Wildman–Crippen LogP) is 0.973. The smallest absolute Gasteiger partial charge is 0.192 e. The summed E-state index contributed by atoms with van der Waals surface area (Å²) >= 11 is 6.22. The molecule has 1 N–H and O–H groups in total. The van der Waals surface area contributed by atoms with Gasteiger partial charge in [-0.3, -0.25) is 4.79 Å². The average Bonchev–Trinajstić information content (AvgIpc) is 2.30. The van der Waals surface area contributed by atoms with Gasteiger partial charge in [0.2, 0.25) is 0 Å². The minimum absolute atomic E-state index is 0.0839. The number of nitrogens with zero attached hydrogens (tertiary/aromatic N) is 2. The summed E-state index contributed by atoms with van der Waals surface area (Å²) in [6, 6.07) is 1.82. The van der Waals surface area contributed by atoms with Gasteiger partial charge in [-0.05, 0) is 19.0 Å². The zero-order valence-electron chi connectivity index (χ0n) is 8.19. The van der Waals surface area contributed by atoms with E-state index in [1.807, 2.05) is 6.07 Å². The third kappa shape index (κ3) is 2.33. The third-order valence-electron chi connectivity index (χ3n) is 2.58. The molecule has 1 aromatic heterocycles. The van der Waals surface area contributed by atoms with E-state index in [1.54, 1.807) is 6.20 Å². The summed E-state index contributed by atoms with van der Waals surface area (Å²) in [6.45, 7) is 1.75. The van der Waals surface area contributed by atoms with Crippen LogP contribution >= 0.6 is 11.6 Å². The molecule has 1 fully saturated rings. The molecule has 2 rings (SSSR count). The molecule has 0 radical (unpaired) electrons. The fourth-order valence-electron chi connectivity index (χ4n) is 1.77. The summed E-state index contributed by atoms with van der Waals surface area (Å²) in [6.07, 6.45) is 3.18. The van der Waals surface area contributed by atoms with Gasteiger partial charge in [0, 0.05) is 24.0 Å². The van der Waals surface area contributed by atoms with E-state index in [9.17, 15) is 4.79 Å². The van der Waals surface area contributed by atoms with E-state index in [0.29, 0.717) is 6.29 Å². The van der Waals surface area contributed by atoms with E-state index in [2.05, 4.69) is 15.3 Å². The Hall–Kier alpha value is -1.00. The third-order valence-corrected chi connectivity index (χ3v) is 3.10. The zero-order chi connectivity index (χ0) is 10.7. The Kier molecular flexibility index (Phi) is 3.28. The Morgan fingerprint density at radius 1 is 1.60 bits per heavy atom. The van der Waals surface area contributed by atoms with Crippen molar-refractivity contribution in [2.45, 2.75) is 17.7 Å². The van der Waals surface area contributed by atoms with E-state index < -0.39 is 0 Å². The maximum atomic E-state index is 10.5. The van der Waals surface area contributed by atoms with Gasteiger partial charge in [-0.15, -0.1) is 11.6 Å². The van der Waals surface area contributed by atoms with Crippen molar-refractivity contribution in [1.82, 2.24) is 15.3 Å². The molecule has 80 valence electrons. The van der Waals surface area contributed by atoms with Crippen LogP contribution < -0.4 is 5.32 Å². The van der Waals surface area contributed by atoms with Crippen molar-refractivity contribution in [2.24, 2.45) is 0 Å². The summed E-state index contributed by atoms with van der Waals surface area (Å²) in [5, 5.41) is 3.35. The van der Waals surface area contributed by atoms with E-state index in [4.69, 9.17) is 11.6 Å². The first-order valence-electron chi connectivity index (χ1n) is 4.94. The SMILES string of the molecule is O=Cc1nccc([C@H]2CNCC[C@H]2Cl)n1. The number of rotatable bonds is 2. The number of hydrogen-bond acceptors (Lipinski definition) is 4. The van der Waals surface area contributed by atoms with Gasteiger partial charge in [-0.25, -0.2) is 9.97 Å². The summed E-state index contributed by atoms with van der Waals surface area (Å²) in [7, 11) is 0. The molecule has 1 aliphatic rings. The second kappa shape index (κ2) is 4.68. The van der Waals surface area contributed by atoms with Crippen LogP contribution in [0.3, 0.4) is 0 Å². The van der Waals surface area contributed by atoms with Crippen molar-refractivity contribution < 1.29 is 4.79 Å². The number of nitrogens with one attached hydrogen (secondary N) is 1. The highest BCUT2D eigenvalue weighted by Gasteiger charge is 2.25. The molecule has 1 saturated heterocycles. The maximum Gasteiger partial charge on any atom is 0.192 e. The molecule has 1 aromatic rings. The normalized spacial score (nSPS) is 26.2. The molecule has 0 unspecified atom stereocenters. The Labute approximate surface area is 93.1 Å². The molecule has 0 aliphatic carbocycles. The van der Waals surface area contributed by atoms with Gasteiger partial charge in [0.1, 0.15) is 0 Å². The summed E-state index contributed by atoms with van der Waals surface area (Å²) in [4.78, 5) is 18.5. The topological polar surface area (TPSA) is 54.9 Å². The van der Waals surface area contributed by atoms with Gasteiger partial charge in [-0.2, -0.15) is 0 Å². The van der Waals surface area contributed by atoms with Gasteiger partial charge in [0.05, 0.1) is 5.69 Å². The van der Waals surface area contributed by atoms with Gasteiger partial charge in [-0.1, -0.05) is 0 Å². The predicted molar refractivity (Wildman–Crippen MR) is 57.3 cm³/mol. The lowest BCUT2D eigenvalue weighted by Gasteiger charge is -2.27. The van der Waals surface area contributed by atoms with E-state index in [-0.39, 0.29) is 17.1 Å². The van der Waals surface area contributed by atoms with Gasteiger partial charge in [0.15, 0.2) is 12.1 Å². The first-order chi connectivity index (χ1) is 7.31. The first kappa shape index (κ1) is 10.5. The molecule has 0 saturated carbocycles. The molecule has 5 heteroatoms. The fourth-order valence-corrected chi connectivity index (χ4v) is 2.10. The highest BCUT2D eigenvalue weighted by molar-refractivity contribution is 6.21. The van der Waals surface area contributed by atoms with E-state index in [1.165, 1.54) is 0 Å². The van der Waals surface area contributed by atoms with Crippen LogP contribution in [-0.4, -0.2) is 34.7 Å². The molecule has 0 bridgehead atoms. The second-order valence-electron chi connectivity index (χ2n) is 3.57. The highest BCUT2D eigenvalue weighted by Crippen LogP contribution is 2.26. The molecule has 1 aliphatic heterocycles. The minimum Gasteiger partial charge on any atom is -0.316 e. The van der Waals surface area contributed by atoms with Crippen LogP contribution in [0.4, 0.5) is 0 Å². The Morgan fingerprint density at radius 3 is 3.20 bits per heavy atom. The van der Waals surface area contributed by atoms with Crippen molar-refractivity contribution in [3.05, 3.63) is 23.8 Å². The molecule has 2 heterocycles. The monoisotopic (exact) mass is 225 g/mol. The standard InChI is InChI=1S/C10H12ClN3O/c11-8-1-3-12-5-7(8)9-2-4-13-10(6-15)14-9/h2,4,6-8,12H,1,3,5H2/t7-,8+/m0/s1. The Balaban J connectivity index is 2.23. The summed E-state index contributed by atoms with van der Waals surface area (Å²) in [5.41, 5.74) is 0.847. The number of halogens is 1. The van der Waals surface area contributed by atoms with Crippen LogP contribution in [-0.2, 0) is 0 Å². The van der Waals surface area contributed by atoms with Crippen molar-refractivity contribution in [3.63, 3.8) is 0 Å². The summed E-state index contributed by atoms with van der Waals surface area (Å²) in [5.74, 6) is 0.393. The molecule has 4 nitrogen and oxygen atoms in total. The summed E-state index contributed by atoms with van der Waals surface area (Å²) < 4.78 is 0. The van der Waals surface area contributed by atoms with E-state index >= 15 is 0 Å². The van der Waals surface area contributed by atoms with Gasteiger partial charge >= 0.3 is 0 Å². The van der Waals surface area contributed by atoms with Gasteiger partial charge in [0.25, 0.3) is 0 Å². The minimum atomic E-state index is 0.0839. The quantitative estimate of drug-likeness (QED) is 0.602. The van der Waals surface area contributed by atoms with Crippen LogP contribution in [0, 0.1) is 0 Å². The fraction of sp³-hybridized carbons (Fsp3) is 0.500. The lowest BCUT2D eigenvalue weighted by atomic mass is 9.95. The molecular formula is C10H12ClN3O. The molecule has 0 spiro atoms. The van der Waals surface area contributed by atoms with E-state index in [0.717, 1.165) is 25.2 Å². The van der Waals surface area contributed by atoms with Gasteiger partial charge < -0.3 is 5.32 Å². The maximum absolute atomic E-state index is 10.5. The number of carbonyl (C=O) groups excluding carboxylic acids is 1. The molecular weight excluding hydrogens is 214 g/mol.